The van der Waals surface area contributed by atoms with Crippen LogP contribution >= 0.6 is 0 Å². The third kappa shape index (κ3) is 7.87. The van der Waals surface area contributed by atoms with Crippen molar-refractivity contribution in [1.29, 1.82) is 0 Å². The lowest BCUT2D eigenvalue weighted by atomic mass is 9.98. The van der Waals surface area contributed by atoms with Crippen LogP contribution in [0.3, 0.4) is 0 Å². The monoisotopic (exact) mass is 649 g/mol. The zero-order chi connectivity index (χ0) is 34.4. The van der Waals surface area contributed by atoms with Gasteiger partial charge in [0.05, 0.1) is 0 Å². The highest BCUT2D eigenvalue weighted by Crippen LogP contribution is 2.44. The standard InChI is InChI=1S/C37H39N5O6/c1-37(2,3)48-35(45)31(18-17-24(43)20-39-38)40-34(44)32(19-23-21-42(4)33-16-10-9-11-25(23)33)41-36(46)47-22-30-28-14-7-5-12-26(28)27-13-6-8-15-29(27)30/h5-16,20-21,30-32H,17-19,22H2,1-4H3,(H,40,44)(H,41,46)/t31-,32-/m0/s1. The van der Waals surface area contributed by atoms with Gasteiger partial charge in [-0.1, -0.05) is 66.7 Å². The number of fused-ring (bicyclic) bond motifs is 4. The maximum atomic E-state index is 13.9. The first kappa shape index (κ1) is 33.8. The topological polar surface area (TPSA) is 152 Å². The predicted octanol–water partition coefficient (Wildman–Crippen LogP) is 5.10. The summed E-state index contributed by atoms with van der Waals surface area (Å²) in [7, 11) is 1.89. The SMILES string of the molecule is Cn1cc(C[C@H](NC(=O)OCC2c3ccccc3-c3ccccc32)C(=O)N[C@@H](CCC(=O)C=[N+]=[N-])C(=O)OC(C)(C)C)c2ccccc21. The molecule has 1 aliphatic carbocycles. The quantitative estimate of drug-likeness (QED) is 0.0943. The maximum Gasteiger partial charge on any atom is 0.407 e. The number of aryl methyl sites for hydroxylation is 1. The number of ketones is 1. The first-order valence-corrected chi connectivity index (χ1v) is 15.8. The maximum absolute atomic E-state index is 13.9. The van der Waals surface area contributed by atoms with Crippen LogP contribution in [0.5, 0.6) is 0 Å². The fourth-order valence-electron chi connectivity index (χ4n) is 6.11. The summed E-state index contributed by atoms with van der Waals surface area (Å²) < 4.78 is 13.2. The molecule has 48 heavy (non-hydrogen) atoms. The second-order valence-corrected chi connectivity index (χ2v) is 12.9. The van der Waals surface area contributed by atoms with Crippen LogP contribution in [0, 0.1) is 0 Å². The molecule has 0 radical (unpaired) electrons. The van der Waals surface area contributed by atoms with E-state index in [2.05, 4.69) is 15.4 Å². The Morgan fingerprint density at radius 1 is 0.917 bits per heavy atom. The smallest absolute Gasteiger partial charge is 0.407 e. The molecule has 1 heterocycles. The number of para-hydroxylation sites is 1. The number of ether oxygens (including phenoxy) is 2. The molecule has 11 heteroatoms. The van der Waals surface area contributed by atoms with Crippen LogP contribution in [-0.4, -0.2) is 63.6 Å². The van der Waals surface area contributed by atoms with Gasteiger partial charge in [-0.15, -0.1) is 0 Å². The van der Waals surface area contributed by atoms with Crippen LogP contribution in [0.2, 0.25) is 0 Å². The van der Waals surface area contributed by atoms with Gasteiger partial charge in [-0.2, -0.15) is 4.79 Å². The van der Waals surface area contributed by atoms with E-state index in [0.29, 0.717) is 0 Å². The van der Waals surface area contributed by atoms with Gasteiger partial charge >= 0.3 is 18.3 Å². The average Bonchev–Trinajstić information content (AvgIpc) is 3.54. The van der Waals surface area contributed by atoms with Crippen LogP contribution in [0.25, 0.3) is 27.6 Å². The fourth-order valence-corrected chi connectivity index (χ4v) is 6.11. The largest absolute Gasteiger partial charge is 0.458 e. The van der Waals surface area contributed by atoms with Crippen LogP contribution in [0.15, 0.2) is 79.0 Å². The Morgan fingerprint density at radius 2 is 1.54 bits per heavy atom. The van der Waals surface area contributed by atoms with Crippen molar-refractivity contribution in [1.82, 2.24) is 15.2 Å². The van der Waals surface area contributed by atoms with E-state index in [-0.39, 0.29) is 31.8 Å². The number of hydrogen-bond acceptors (Lipinski definition) is 6. The number of nitrogens with zero attached hydrogens (tertiary/aromatic N) is 3. The summed E-state index contributed by atoms with van der Waals surface area (Å²) in [5.41, 5.74) is 13.9. The molecule has 0 spiro atoms. The molecule has 0 aliphatic heterocycles. The molecule has 11 nitrogen and oxygen atoms in total. The fraction of sp³-hybridized carbons (Fsp3) is 0.324. The number of hydrogen-bond donors (Lipinski definition) is 2. The van der Waals surface area contributed by atoms with Crippen molar-refractivity contribution in [3.05, 3.63) is 101 Å². The summed E-state index contributed by atoms with van der Waals surface area (Å²) in [5.74, 6) is -2.11. The third-order valence-electron chi connectivity index (χ3n) is 8.24. The van der Waals surface area contributed by atoms with E-state index in [4.69, 9.17) is 15.0 Å². The van der Waals surface area contributed by atoms with Gasteiger partial charge in [0.1, 0.15) is 24.3 Å². The minimum atomic E-state index is -1.22. The Kier molecular flexibility index (Phi) is 10.2. The van der Waals surface area contributed by atoms with E-state index in [1.165, 1.54) is 0 Å². The highest BCUT2D eigenvalue weighted by molar-refractivity contribution is 6.25. The van der Waals surface area contributed by atoms with Gasteiger partial charge in [-0.3, -0.25) is 9.59 Å². The number of carbonyl (C=O) groups is 4. The molecule has 4 aromatic rings. The Bertz CT molecular complexity index is 1860. The number of nitrogens with one attached hydrogen (secondary N) is 2. The molecule has 1 aliphatic rings. The van der Waals surface area contributed by atoms with Gasteiger partial charge in [-0.25, -0.2) is 9.59 Å². The molecule has 0 fully saturated rings. The van der Waals surface area contributed by atoms with Crippen molar-refractivity contribution < 1.29 is 33.4 Å². The lowest BCUT2D eigenvalue weighted by molar-refractivity contribution is -0.159. The molecule has 0 saturated carbocycles. The molecule has 2 atom stereocenters. The number of alkyl carbamates (subject to hydrolysis) is 1. The van der Waals surface area contributed by atoms with E-state index < -0.39 is 41.4 Å². The molecule has 0 bridgehead atoms. The zero-order valence-electron chi connectivity index (χ0n) is 27.4. The van der Waals surface area contributed by atoms with Gasteiger partial charge in [0.15, 0.2) is 0 Å². The minimum Gasteiger partial charge on any atom is -0.458 e. The van der Waals surface area contributed by atoms with Crippen molar-refractivity contribution in [2.75, 3.05) is 6.61 Å². The van der Waals surface area contributed by atoms with Crippen LogP contribution < -0.4 is 10.6 Å². The minimum absolute atomic E-state index is 0.0531. The van der Waals surface area contributed by atoms with Gasteiger partial charge in [-0.05, 0) is 61.1 Å². The van der Waals surface area contributed by atoms with Crippen molar-refractivity contribution in [2.24, 2.45) is 7.05 Å². The van der Waals surface area contributed by atoms with E-state index in [1.54, 1.807) is 20.8 Å². The summed E-state index contributed by atoms with van der Waals surface area (Å²) in [6.07, 6.45) is 1.62. The van der Waals surface area contributed by atoms with Crippen molar-refractivity contribution >= 4 is 40.9 Å². The summed E-state index contributed by atoms with van der Waals surface area (Å²) in [6, 6.07) is 21.3. The Hall–Kier alpha value is -5.54. The summed E-state index contributed by atoms with van der Waals surface area (Å²) in [4.78, 5) is 55.3. The van der Waals surface area contributed by atoms with Gasteiger partial charge < -0.3 is 30.2 Å². The number of esters is 1. The lowest BCUT2D eigenvalue weighted by Gasteiger charge is -2.26. The summed E-state index contributed by atoms with van der Waals surface area (Å²) in [6.45, 7) is 5.12. The first-order valence-electron chi connectivity index (χ1n) is 15.8. The number of benzene rings is 3. The molecule has 2 amide bonds. The molecule has 1 aromatic heterocycles. The molecular weight excluding hydrogens is 610 g/mol. The molecule has 0 unspecified atom stereocenters. The van der Waals surface area contributed by atoms with E-state index in [1.807, 2.05) is 90.6 Å². The number of aromatic nitrogens is 1. The van der Waals surface area contributed by atoms with Gasteiger partial charge in [0, 0.05) is 42.9 Å². The van der Waals surface area contributed by atoms with E-state index >= 15 is 0 Å². The molecule has 2 N–H and O–H groups in total. The number of amides is 2. The zero-order valence-corrected chi connectivity index (χ0v) is 27.4. The van der Waals surface area contributed by atoms with Crippen molar-refractivity contribution in [2.45, 2.75) is 63.6 Å². The number of rotatable bonds is 12. The Labute approximate surface area is 278 Å². The Balaban J connectivity index is 1.37. The molecule has 3 aromatic carbocycles. The second kappa shape index (κ2) is 14.5. The first-order chi connectivity index (χ1) is 22.9. The second-order valence-electron chi connectivity index (χ2n) is 12.9. The molecular formula is C37H39N5O6. The summed E-state index contributed by atoms with van der Waals surface area (Å²) in [5, 5.41) is 6.33. The van der Waals surface area contributed by atoms with E-state index in [9.17, 15) is 19.2 Å². The number of carbonyl (C=O) groups excluding carboxylic acids is 4. The molecule has 0 saturated heterocycles. The van der Waals surface area contributed by atoms with E-state index in [0.717, 1.165) is 44.9 Å². The van der Waals surface area contributed by atoms with Crippen molar-refractivity contribution in [3.63, 3.8) is 0 Å². The molecule has 248 valence electrons. The summed E-state index contributed by atoms with van der Waals surface area (Å²) >= 11 is 0. The van der Waals surface area contributed by atoms with Gasteiger partial charge in [0.25, 0.3) is 0 Å². The van der Waals surface area contributed by atoms with Crippen LogP contribution in [-0.2, 0) is 37.3 Å². The normalized spacial score (nSPS) is 13.4. The van der Waals surface area contributed by atoms with Crippen LogP contribution in [0.1, 0.15) is 56.2 Å². The molecule has 5 rings (SSSR count). The lowest BCUT2D eigenvalue weighted by Crippen LogP contribution is -2.53. The average molecular weight is 650 g/mol. The van der Waals surface area contributed by atoms with Crippen molar-refractivity contribution in [3.8, 4) is 11.1 Å². The highest BCUT2D eigenvalue weighted by atomic mass is 16.6. The van der Waals surface area contributed by atoms with Crippen LogP contribution in [0.4, 0.5) is 4.79 Å². The third-order valence-corrected chi connectivity index (χ3v) is 8.24. The van der Waals surface area contributed by atoms with Gasteiger partial charge in [0.2, 0.25) is 11.7 Å². The predicted molar refractivity (Wildman–Crippen MR) is 180 cm³/mol. The Morgan fingerprint density at radius 3 is 2.19 bits per heavy atom. The highest BCUT2D eigenvalue weighted by Gasteiger charge is 2.33. The number of Topliss-reactive ketones (excluding diaryl/α,β-unsaturated/α-hetero) is 1.